The average molecular weight is 313 g/mol. The Morgan fingerprint density at radius 1 is 1.09 bits per heavy atom. The molecule has 2 aromatic rings. The van der Waals surface area contributed by atoms with Gasteiger partial charge in [-0.25, -0.2) is 4.68 Å². The number of hydrogen-bond donors (Lipinski definition) is 0. The first-order chi connectivity index (χ1) is 11.2. The zero-order chi connectivity index (χ0) is 15.8. The Labute approximate surface area is 133 Å². The van der Waals surface area contributed by atoms with Crippen molar-refractivity contribution in [1.29, 1.82) is 0 Å². The van der Waals surface area contributed by atoms with Crippen molar-refractivity contribution in [3.05, 3.63) is 47.1 Å². The molecule has 2 fully saturated rings. The van der Waals surface area contributed by atoms with E-state index >= 15 is 0 Å². The van der Waals surface area contributed by atoms with Gasteiger partial charge in [-0.05, 0) is 37.8 Å². The summed E-state index contributed by atoms with van der Waals surface area (Å²) in [5.74, 6) is -0.00258. The molecule has 23 heavy (non-hydrogen) atoms. The Kier molecular flexibility index (Phi) is 3.48. The lowest BCUT2D eigenvalue weighted by molar-refractivity contribution is -0.137. The van der Waals surface area contributed by atoms with Crippen LogP contribution in [0.3, 0.4) is 0 Å². The minimum absolute atomic E-state index is 0.00258. The van der Waals surface area contributed by atoms with Gasteiger partial charge in [-0.1, -0.05) is 0 Å². The van der Waals surface area contributed by atoms with E-state index in [9.17, 15) is 9.59 Å². The highest BCUT2D eigenvalue weighted by Gasteiger charge is 2.43. The molecule has 2 aliphatic rings. The highest BCUT2D eigenvalue weighted by Crippen LogP contribution is 2.40. The molecule has 0 spiro atoms. The predicted molar refractivity (Wildman–Crippen MR) is 82.7 cm³/mol. The molecule has 4 rings (SSSR count). The number of aromatic nitrogens is 4. The lowest BCUT2D eigenvalue weighted by Gasteiger charge is -2.39. The largest absolute Gasteiger partial charge is 0.335 e. The summed E-state index contributed by atoms with van der Waals surface area (Å²) in [7, 11) is 0. The molecule has 0 radical (unpaired) electrons. The molecule has 0 N–H and O–H groups in total. The summed E-state index contributed by atoms with van der Waals surface area (Å²) in [5.41, 5.74) is -0.236. The molecule has 2 bridgehead atoms. The van der Waals surface area contributed by atoms with E-state index in [1.165, 1.54) is 16.9 Å². The van der Waals surface area contributed by atoms with Gasteiger partial charge >= 0.3 is 0 Å². The SMILES string of the molecule is O=C(Cn1ncccc1=O)N1C2CCC1CC(n1cccn1)C2. The Hall–Kier alpha value is -2.44. The van der Waals surface area contributed by atoms with E-state index in [1.54, 1.807) is 12.3 Å². The second kappa shape index (κ2) is 5.64. The van der Waals surface area contributed by atoms with E-state index in [1.807, 2.05) is 21.8 Å². The van der Waals surface area contributed by atoms with Gasteiger partial charge in [0.2, 0.25) is 5.91 Å². The number of carbonyl (C=O) groups is 1. The van der Waals surface area contributed by atoms with Crippen LogP contribution in [0.25, 0.3) is 0 Å². The summed E-state index contributed by atoms with van der Waals surface area (Å²) in [6.45, 7) is 0.0269. The molecular formula is C16H19N5O2. The van der Waals surface area contributed by atoms with Gasteiger partial charge in [-0.2, -0.15) is 10.2 Å². The Balaban J connectivity index is 1.49. The third-order valence-corrected chi connectivity index (χ3v) is 4.97. The van der Waals surface area contributed by atoms with E-state index in [0.717, 1.165) is 25.7 Å². The van der Waals surface area contributed by atoms with Crippen LogP contribution in [-0.2, 0) is 11.3 Å². The van der Waals surface area contributed by atoms with Crippen molar-refractivity contribution in [1.82, 2.24) is 24.5 Å². The van der Waals surface area contributed by atoms with E-state index in [4.69, 9.17) is 0 Å². The summed E-state index contributed by atoms with van der Waals surface area (Å²) in [6.07, 6.45) is 9.26. The third kappa shape index (κ3) is 2.56. The fraction of sp³-hybridized carbons (Fsp3) is 0.500. The van der Waals surface area contributed by atoms with Gasteiger partial charge in [0.25, 0.3) is 5.56 Å². The zero-order valence-corrected chi connectivity index (χ0v) is 12.8. The number of nitrogens with zero attached hydrogens (tertiary/aromatic N) is 5. The minimum atomic E-state index is -0.236. The molecule has 2 aromatic heterocycles. The maximum Gasteiger partial charge on any atom is 0.267 e. The molecule has 1 amide bonds. The molecule has 7 nitrogen and oxygen atoms in total. The number of piperidine rings is 1. The van der Waals surface area contributed by atoms with Gasteiger partial charge in [-0.15, -0.1) is 0 Å². The molecule has 2 saturated heterocycles. The van der Waals surface area contributed by atoms with Crippen molar-refractivity contribution in [2.24, 2.45) is 0 Å². The van der Waals surface area contributed by atoms with Crippen molar-refractivity contribution in [3.8, 4) is 0 Å². The summed E-state index contributed by atoms with van der Waals surface area (Å²) in [6, 6.07) is 5.81. The molecule has 7 heteroatoms. The maximum absolute atomic E-state index is 12.7. The first-order valence-electron chi connectivity index (χ1n) is 8.05. The third-order valence-electron chi connectivity index (χ3n) is 4.97. The highest BCUT2D eigenvalue weighted by atomic mass is 16.2. The number of carbonyl (C=O) groups excluding carboxylic acids is 1. The van der Waals surface area contributed by atoms with Crippen LogP contribution < -0.4 is 5.56 Å². The van der Waals surface area contributed by atoms with Crippen LogP contribution in [0.15, 0.2) is 41.6 Å². The average Bonchev–Trinajstić information content (AvgIpc) is 3.16. The van der Waals surface area contributed by atoms with Crippen LogP contribution in [0, 0.1) is 0 Å². The van der Waals surface area contributed by atoms with Gasteiger partial charge in [0.15, 0.2) is 0 Å². The van der Waals surface area contributed by atoms with E-state index in [0.29, 0.717) is 6.04 Å². The Morgan fingerprint density at radius 2 is 1.83 bits per heavy atom. The maximum atomic E-state index is 12.7. The smallest absolute Gasteiger partial charge is 0.267 e. The number of fused-ring (bicyclic) bond motifs is 2. The normalized spacial score (nSPS) is 26.4. The molecule has 2 aliphatic heterocycles. The van der Waals surface area contributed by atoms with Crippen LogP contribution in [0.2, 0.25) is 0 Å². The van der Waals surface area contributed by atoms with Crippen LogP contribution >= 0.6 is 0 Å². The van der Waals surface area contributed by atoms with Crippen molar-refractivity contribution in [2.45, 2.75) is 50.4 Å². The van der Waals surface area contributed by atoms with E-state index in [-0.39, 0.29) is 30.1 Å². The molecule has 0 aromatic carbocycles. The first-order valence-corrected chi connectivity index (χ1v) is 8.05. The quantitative estimate of drug-likeness (QED) is 0.841. The molecular weight excluding hydrogens is 294 g/mol. The van der Waals surface area contributed by atoms with Gasteiger partial charge < -0.3 is 4.90 Å². The minimum Gasteiger partial charge on any atom is -0.335 e. The molecule has 4 heterocycles. The van der Waals surface area contributed by atoms with Gasteiger partial charge in [0.1, 0.15) is 6.54 Å². The molecule has 0 aliphatic carbocycles. The van der Waals surface area contributed by atoms with Gasteiger partial charge in [-0.3, -0.25) is 14.3 Å². The van der Waals surface area contributed by atoms with Crippen molar-refractivity contribution < 1.29 is 4.79 Å². The van der Waals surface area contributed by atoms with Gasteiger partial charge in [0, 0.05) is 36.7 Å². The lowest BCUT2D eigenvalue weighted by Crippen LogP contribution is -2.49. The number of rotatable bonds is 3. The second-order valence-corrected chi connectivity index (χ2v) is 6.32. The van der Waals surface area contributed by atoms with Crippen LogP contribution in [0.5, 0.6) is 0 Å². The number of hydrogen-bond acceptors (Lipinski definition) is 4. The van der Waals surface area contributed by atoms with E-state index < -0.39 is 0 Å². The standard InChI is InChI=1S/C16H19N5O2/c22-15-3-1-6-18-20(15)11-16(23)21-12-4-5-13(21)10-14(9-12)19-8-2-7-17-19/h1-3,6-8,12-14H,4-5,9-11H2. The highest BCUT2D eigenvalue weighted by molar-refractivity contribution is 5.77. The fourth-order valence-electron chi connectivity index (χ4n) is 3.98. The van der Waals surface area contributed by atoms with Crippen molar-refractivity contribution >= 4 is 5.91 Å². The Morgan fingerprint density at radius 3 is 2.48 bits per heavy atom. The monoisotopic (exact) mass is 313 g/mol. The zero-order valence-electron chi connectivity index (χ0n) is 12.8. The van der Waals surface area contributed by atoms with Crippen LogP contribution in [0.4, 0.5) is 0 Å². The molecule has 2 unspecified atom stereocenters. The molecule has 2 atom stereocenters. The van der Waals surface area contributed by atoms with Crippen molar-refractivity contribution in [3.63, 3.8) is 0 Å². The summed E-state index contributed by atoms with van der Waals surface area (Å²) >= 11 is 0. The summed E-state index contributed by atoms with van der Waals surface area (Å²) in [4.78, 5) is 26.4. The number of amides is 1. The molecule has 120 valence electrons. The second-order valence-electron chi connectivity index (χ2n) is 6.32. The molecule has 0 saturated carbocycles. The fourth-order valence-corrected chi connectivity index (χ4v) is 3.98. The van der Waals surface area contributed by atoms with E-state index in [2.05, 4.69) is 10.2 Å². The van der Waals surface area contributed by atoms with Crippen LogP contribution in [0.1, 0.15) is 31.7 Å². The Bertz CT molecular complexity index is 740. The predicted octanol–water partition coefficient (Wildman–Crippen LogP) is 0.834. The summed E-state index contributed by atoms with van der Waals surface area (Å²) in [5, 5.41) is 8.33. The lowest BCUT2D eigenvalue weighted by atomic mass is 9.97. The summed E-state index contributed by atoms with van der Waals surface area (Å²) < 4.78 is 3.25. The van der Waals surface area contributed by atoms with Crippen molar-refractivity contribution in [2.75, 3.05) is 0 Å². The first kappa shape index (κ1) is 14.2. The topological polar surface area (TPSA) is 73.0 Å². The van der Waals surface area contributed by atoms with Gasteiger partial charge in [0.05, 0.1) is 6.04 Å². The van der Waals surface area contributed by atoms with Crippen LogP contribution in [-0.4, -0.2) is 42.5 Å².